The van der Waals surface area contributed by atoms with E-state index < -0.39 is 11.0 Å². The zero-order valence-electron chi connectivity index (χ0n) is 24.0. The van der Waals surface area contributed by atoms with E-state index in [-0.39, 0.29) is 11.9 Å². The predicted molar refractivity (Wildman–Crippen MR) is 149 cm³/mol. The summed E-state index contributed by atoms with van der Waals surface area (Å²) in [5.74, 6) is 1.64. The summed E-state index contributed by atoms with van der Waals surface area (Å²) in [6.45, 7) is 7.00. The molecule has 1 spiro atoms. The highest BCUT2D eigenvalue weighted by molar-refractivity contribution is 5.91. The van der Waals surface area contributed by atoms with Crippen molar-refractivity contribution in [1.82, 2.24) is 29.8 Å². The van der Waals surface area contributed by atoms with Crippen LogP contribution in [-0.2, 0) is 23.2 Å². The largest absolute Gasteiger partial charge is 0.473 e. The number of rotatable bonds is 7. The van der Waals surface area contributed by atoms with Gasteiger partial charge in [0.05, 0.1) is 23.3 Å². The third kappa shape index (κ3) is 5.07. The molecule has 3 atom stereocenters. The highest BCUT2D eigenvalue weighted by atomic mass is 16.5. The van der Waals surface area contributed by atoms with Gasteiger partial charge in [-0.15, -0.1) is 0 Å². The van der Waals surface area contributed by atoms with Crippen LogP contribution >= 0.6 is 0 Å². The number of aliphatic hydroxyl groups is 1. The Bertz CT molecular complexity index is 1390. The lowest BCUT2D eigenvalue weighted by Gasteiger charge is -2.37. The molecule has 2 fully saturated rings. The molecular formula is C30H40N6O4. The first kappa shape index (κ1) is 27.1. The SMILES string of the molecule is C[C@H](Oc1cc(-c2ccn(CC(C)(C)O)n2)nc(-c2onc3c2CCC[C@@]32CCCCC2=O)n1)[C@@H]1CCCN1C. The molecule has 3 aliphatic rings. The van der Waals surface area contributed by atoms with Crippen molar-refractivity contribution >= 4 is 5.78 Å². The molecule has 6 rings (SSSR count). The number of hydrogen-bond donors (Lipinski definition) is 1. The van der Waals surface area contributed by atoms with Gasteiger partial charge in [-0.3, -0.25) is 14.4 Å². The molecule has 10 nitrogen and oxygen atoms in total. The fourth-order valence-electron chi connectivity index (χ4n) is 6.88. The number of likely N-dealkylation sites (N-methyl/N-ethyl adjacent to an activating group) is 1. The summed E-state index contributed by atoms with van der Waals surface area (Å²) in [6, 6.07) is 4.00. The maximum absolute atomic E-state index is 13.2. The standard InChI is InChI=1S/C30H40N6O4/c1-19(23-10-8-15-35(23)4)39-25-17-22(21-12-16-36(33-21)18-29(2,3)38)31-28(32-25)26-20-9-7-14-30(27(20)34-40-26)13-6-5-11-24(30)37/h12,16-17,19,23,38H,5-11,13-15,18H2,1-4H3/t19-,23-,30+/m0/s1. The normalized spacial score (nSPS) is 24.4. The maximum atomic E-state index is 13.2. The summed E-state index contributed by atoms with van der Waals surface area (Å²) < 4.78 is 14.1. The van der Waals surface area contributed by atoms with Gasteiger partial charge >= 0.3 is 0 Å². The Labute approximate surface area is 235 Å². The Hall–Kier alpha value is -3.11. The molecule has 3 aromatic heterocycles. The smallest absolute Gasteiger partial charge is 0.217 e. The molecule has 1 N–H and O–H groups in total. The van der Waals surface area contributed by atoms with Crippen molar-refractivity contribution in [3.8, 4) is 28.9 Å². The van der Waals surface area contributed by atoms with Crippen LogP contribution in [0.4, 0.5) is 0 Å². The van der Waals surface area contributed by atoms with Crippen LogP contribution in [0.3, 0.4) is 0 Å². The first-order valence-corrected chi connectivity index (χ1v) is 14.7. The van der Waals surface area contributed by atoms with Gasteiger partial charge in [-0.1, -0.05) is 11.6 Å². The fourth-order valence-corrected chi connectivity index (χ4v) is 6.88. The van der Waals surface area contributed by atoms with E-state index in [4.69, 9.17) is 19.2 Å². The molecule has 2 aliphatic carbocycles. The molecule has 0 unspecified atom stereocenters. The van der Waals surface area contributed by atoms with Gasteiger partial charge in [-0.25, -0.2) is 4.98 Å². The van der Waals surface area contributed by atoms with Crippen LogP contribution in [-0.4, -0.2) is 72.0 Å². The lowest BCUT2D eigenvalue weighted by molar-refractivity contribution is -0.127. The van der Waals surface area contributed by atoms with Crippen LogP contribution < -0.4 is 4.74 Å². The van der Waals surface area contributed by atoms with Crippen LogP contribution in [0.5, 0.6) is 5.88 Å². The third-order valence-electron chi connectivity index (χ3n) is 8.85. The summed E-state index contributed by atoms with van der Waals surface area (Å²) >= 11 is 0. The van der Waals surface area contributed by atoms with E-state index in [2.05, 4.69) is 29.1 Å². The first-order valence-electron chi connectivity index (χ1n) is 14.7. The molecule has 1 saturated heterocycles. The van der Waals surface area contributed by atoms with Gasteiger partial charge < -0.3 is 14.4 Å². The molecule has 4 heterocycles. The molecule has 0 amide bonds. The van der Waals surface area contributed by atoms with Gasteiger partial charge in [0, 0.05) is 30.3 Å². The van der Waals surface area contributed by atoms with Crippen molar-refractivity contribution in [3.05, 3.63) is 29.6 Å². The topological polar surface area (TPSA) is 119 Å². The number of nitrogens with zero attached hydrogens (tertiary/aromatic N) is 6. The number of ether oxygens (including phenoxy) is 1. The Morgan fingerprint density at radius 1 is 1.18 bits per heavy atom. The van der Waals surface area contributed by atoms with E-state index in [1.54, 1.807) is 18.5 Å². The van der Waals surface area contributed by atoms with Crippen molar-refractivity contribution in [2.24, 2.45) is 0 Å². The van der Waals surface area contributed by atoms with E-state index in [9.17, 15) is 9.90 Å². The van der Waals surface area contributed by atoms with E-state index in [0.717, 1.165) is 69.2 Å². The average Bonchev–Trinajstić information content (AvgIpc) is 3.65. The highest BCUT2D eigenvalue weighted by Crippen LogP contribution is 2.47. The minimum Gasteiger partial charge on any atom is -0.473 e. The zero-order valence-corrected chi connectivity index (χ0v) is 24.0. The van der Waals surface area contributed by atoms with Crippen LogP contribution in [0, 0.1) is 0 Å². The molecule has 214 valence electrons. The van der Waals surface area contributed by atoms with Crippen molar-refractivity contribution < 1.29 is 19.2 Å². The second-order valence-corrected chi connectivity index (χ2v) is 12.5. The quantitative estimate of drug-likeness (QED) is 0.460. The Balaban J connectivity index is 1.40. The van der Waals surface area contributed by atoms with Crippen molar-refractivity contribution in [2.45, 2.75) is 108 Å². The molecule has 0 aromatic carbocycles. The van der Waals surface area contributed by atoms with E-state index >= 15 is 0 Å². The van der Waals surface area contributed by atoms with Crippen LogP contribution in [0.25, 0.3) is 23.0 Å². The lowest BCUT2D eigenvalue weighted by Crippen LogP contribution is -2.41. The fraction of sp³-hybridized carbons (Fsp3) is 0.633. The number of carbonyl (C=O) groups is 1. The molecule has 1 saturated carbocycles. The molecular weight excluding hydrogens is 508 g/mol. The Morgan fingerprint density at radius 2 is 2.00 bits per heavy atom. The van der Waals surface area contributed by atoms with Gasteiger partial charge in [0.2, 0.25) is 17.5 Å². The number of aromatic nitrogens is 5. The molecule has 1 aliphatic heterocycles. The number of hydrogen-bond acceptors (Lipinski definition) is 9. The highest BCUT2D eigenvalue weighted by Gasteiger charge is 2.48. The molecule has 10 heteroatoms. The average molecular weight is 549 g/mol. The third-order valence-corrected chi connectivity index (χ3v) is 8.85. The summed E-state index contributed by atoms with van der Waals surface area (Å²) in [4.78, 5) is 25.2. The molecule has 40 heavy (non-hydrogen) atoms. The summed E-state index contributed by atoms with van der Waals surface area (Å²) in [7, 11) is 2.13. The number of fused-ring (bicyclic) bond motifs is 2. The van der Waals surface area contributed by atoms with E-state index in [1.807, 2.05) is 18.3 Å². The van der Waals surface area contributed by atoms with Gasteiger partial charge in [0.25, 0.3) is 0 Å². The van der Waals surface area contributed by atoms with Gasteiger partial charge in [-0.05, 0) is 85.4 Å². The van der Waals surface area contributed by atoms with Gasteiger partial charge in [0.15, 0.2) is 0 Å². The second kappa shape index (κ2) is 10.4. The molecule has 3 aromatic rings. The minimum atomic E-state index is -0.900. The summed E-state index contributed by atoms with van der Waals surface area (Å²) in [5.41, 5.74) is 1.54. The summed E-state index contributed by atoms with van der Waals surface area (Å²) in [6.07, 6.45) is 9.90. The summed E-state index contributed by atoms with van der Waals surface area (Å²) in [5, 5.41) is 19.4. The number of ketones is 1. The van der Waals surface area contributed by atoms with Crippen molar-refractivity contribution in [1.29, 1.82) is 0 Å². The van der Waals surface area contributed by atoms with E-state index in [1.165, 1.54) is 0 Å². The zero-order chi connectivity index (χ0) is 28.1. The number of Topliss-reactive ketones (excluding diaryl/α,β-unsaturated/α-hetero) is 1. The molecule has 0 bridgehead atoms. The van der Waals surface area contributed by atoms with Crippen LogP contribution in [0.2, 0.25) is 0 Å². The predicted octanol–water partition coefficient (Wildman–Crippen LogP) is 4.34. The number of carbonyl (C=O) groups excluding carboxylic acids is 1. The van der Waals surface area contributed by atoms with E-state index in [0.29, 0.717) is 47.9 Å². The number of likely N-dealkylation sites (tertiary alicyclic amines) is 1. The maximum Gasteiger partial charge on any atom is 0.217 e. The van der Waals surface area contributed by atoms with Crippen LogP contribution in [0.1, 0.15) is 83.4 Å². The van der Waals surface area contributed by atoms with Gasteiger partial charge in [-0.2, -0.15) is 10.1 Å². The van der Waals surface area contributed by atoms with Crippen molar-refractivity contribution in [2.75, 3.05) is 13.6 Å². The van der Waals surface area contributed by atoms with Crippen LogP contribution in [0.15, 0.2) is 22.9 Å². The minimum absolute atomic E-state index is 0.0670. The monoisotopic (exact) mass is 548 g/mol. The lowest BCUT2D eigenvalue weighted by atomic mass is 9.64. The van der Waals surface area contributed by atoms with Gasteiger partial charge in [0.1, 0.15) is 23.3 Å². The second-order valence-electron chi connectivity index (χ2n) is 12.5. The Morgan fingerprint density at radius 3 is 2.75 bits per heavy atom. The molecule has 0 radical (unpaired) electrons. The van der Waals surface area contributed by atoms with Crippen molar-refractivity contribution in [3.63, 3.8) is 0 Å². The Kier molecular flexibility index (Phi) is 7.02. The first-order chi connectivity index (χ1) is 19.1.